The van der Waals surface area contributed by atoms with Gasteiger partial charge in [-0.3, -0.25) is 9.89 Å². The van der Waals surface area contributed by atoms with Crippen LogP contribution in [0.5, 0.6) is 0 Å². The quantitative estimate of drug-likeness (QED) is 0.675. The number of aromatic amines is 2. The fourth-order valence-electron chi connectivity index (χ4n) is 2.86. The van der Waals surface area contributed by atoms with E-state index in [0.717, 1.165) is 28.8 Å². The zero-order valence-corrected chi connectivity index (χ0v) is 11.7. The van der Waals surface area contributed by atoms with Crippen LogP contribution in [0.1, 0.15) is 29.7 Å². The maximum Gasteiger partial charge on any atom is 0.260 e. The largest absolute Gasteiger partial charge is 0.305 e. The minimum Gasteiger partial charge on any atom is -0.305 e. The lowest BCUT2D eigenvalue weighted by atomic mass is 10.1. The highest BCUT2D eigenvalue weighted by molar-refractivity contribution is 7.18. The van der Waals surface area contributed by atoms with E-state index in [1.54, 1.807) is 17.5 Å². The van der Waals surface area contributed by atoms with Crippen LogP contribution in [-0.2, 0) is 12.8 Å². The Morgan fingerprint density at radius 2 is 2.10 bits per heavy atom. The van der Waals surface area contributed by atoms with Crippen LogP contribution in [0.2, 0.25) is 0 Å². The minimum absolute atomic E-state index is 0.0287. The van der Waals surface area contributed by atoms with Crippen LogP contribution >= 0.6 is 11.3 Å². The van der Waals surface area contributed by atoms with E-state index in [1.807, 2.05) is 6.07 Å². The fraction of sp³-hybridized carbons (Fsp3) is 0.357. The van der Waals surface area contributed by atoms with Gasteiger partial charge in [-0.05, 0) is 37.3 Å². The number of aryl methyl sites for hydroxylation is 2. The molecule has 0 aromatic carbocycles. The zero-order chi connectivity index (χ0) is 13.5. The highest BCUT2D eigenvalue weighted by atomic mass is 32.1. The summed E-state index contributed by atoms with van der Waals surface area (Å²) in [5, 5.41) is 7.54. The average molecular weight is 286 g/mol. The van der Waals surface area contributed by atoms with Gasteiger partial charge in [0.15, 0.2) is 5.82 Å². The summed E-state index contributed by atoms with van der Waals surface area (Å²) in [6, 6.07) is 1.81. The van der Waals surface area contributed by atoms with Crippen LogP contribution in [-0.4, -0.2) is 20.2 Å². The molecule has 3 heterocycles. The molecule has 6 heteroatoms. The first kappa shape index (κ1) is 11.8. The molecule has 0 amide bonds. The van der Waals surface area contributed by atoms with Gasteiger partial charge in [0.05, 0.1) is 5.39 Å². The first-order valence-electron chi connectivity index (χ1n) is 6.87. The third-order valence-corrected chi connectivity index (χ3v) is 5.02. The zero-order valence-electron chi connectivity index (χ0n) is 10.9. The summed E-state index contributed by atoms with van der Waals surface area (Å²) >= 11 is 1.67. The highest BCUT2D eigenvalue weighted by Gasteiger charge is 2.19. The van der Waals surface area contributed by atoms with E-state index in [2.05, 4.69) is 20.2 Å². The number of hydrogen-bond donors (Lipinski definition) is 2. The Labute approximate surface area is 119 Å². The molecule has 3 aromatic rings. The molecule has 0 radical (unpaired) electrons. The van der Waals surface area contributed by atoms with E-state index in [1.165, 1.54) is 29.7 Å². The Bertz CT molecular complexity index is 816. The van der Waals surface area contributed by atoms with Crippen molar-refractivity contribution >= 4 is 21.6 Å². The molecule has 0 saturated heterocycles. The Balaban J connectivity index is 1.96. The topological polar surface area (TPSA) is 74.4 Å². The normalized spacial score (nSPS) is 15.2. The third kappa shape index (κ3) is 1.79. The van der Waals surface area contributed by atoms with Crippen molar-refractivity contribution in [1.29, 1.82) is 0 Å². The van der Waals surface area contributed by atoms with Crippen LogP contribution in [0.3, 0.4) is 0 Å². The van der Waals surface area contributed by atoms with Crippen molar-refractivity contribution in [2.75, 3.05) is 0 Å². The summed E-state index contributed by atoms with van der Waals surface area (Å²) < 4.78 is 0. The summed E-state index contributed by atoms with van der Waals surface area (Å²) in [4.78, 5) is 22.1. The van der Waals surface area contributed by atoms with E-state index in [9.17, 15) is 4.79 Å². The van der Waals surface area contributed by atoms with E-state index in [4.69, 9.17) is 0 Å². The summed E-state index contributed by atoms with van der Waals surface area (Å²) in [6.07, 6.45) is 7.37. The van der Waals surface area contributed by atoms with Gasteiger partial charge < -0.3 is 4.98 Å². The summed E-state index contributed by atoms with van der Waals surface area (Å²) in [5.74, 6) is 0.566. The fourth-order valence-corrected chi connectivity index (χ4v) is 4.12. The Hall–Kier alpha value is -1.95. The number of nitrogens with zero attached hydrogens (tertiary/aromatic N) is 2. The van der Waals surface area contributed by atoms with E-state index < -0.39 is 0 Å². The molecule has 0 unspecified atom stereocenters. The molecule has 5 nitrogen and oxygen atoms in total. The van der Waals surface area contributed by atoms with Crippen molar-refractivity contribution in [3.8, 4) is 11.5 Å². The molecule has 0 saturated carbocycles. The van der Waals surface area contributed by atoms with E-state index in [-0.39, 0.29) is 5.56 Å². The van der Waals surface area contributed by atoms with Crippen molar-refractivity contribution in [1.82, 2.24) is 20.2 Å². The van der Waals surface area contributed by atoms with Crippen LogP contribution in [0, 0.1) is 0 Å². The number of H-pyrrole nitrogens is 2. The second kappa shape index (κ2) is 4.56. The summed E-state index contributed by atoms with van der Waals surface area (Å²) in [6.45, 7) is 0. The van der Waals surface area contributed by atoms with Gasteiger partial charge in [0, 0.05) is 11.1 Å². The molecular formula is C14H14N4OS. The predicted octanol–water partition coefficient (Wildman–Crippen LogP) is 2.64. The van der Waals surface area contributed by atoms with E-state index >= 15 is 0 Å². The van der Waals surface area contributed by atoms with Crippen LogP contribution in [0.25, 0.3) is 21.7 Å². The number of aromatic nitrogens is 4. The Kier molecular flexibility index (Phi) is 2.70. The Morgan fingerprint density at radius 1 is 1.20 bits per heavy atom. The lowest BCUT2D eigenvalue weighted by Crippen LogP contribution is -2.10. The SMILES string of the molecule is O=c1[nH]c(-c2ccn[nH]2)nc2sc3c(c12)CCCCC3. The van der Waals surface area contributed by atoms with Gasteiger partial charge in [0.25, 0.3) is 5.56 Å². The number of thiophene rings is 1. The van der Waals surface area contributed by atoms with Crippen LogP contribution in [0.15, 0.2) is 17.1 Å². The molecule has 0 atom stereocenters. The standard InChI is InChI=1S/C14H14N4OS/c19-13-11-8-4-2-1-3-5-10(8)20-14(11)17-12(16-13)9-6-7-15-18-9/h6-7H,1-5H2,(H,15,18)(H,16,17,19). The lowest BCUT2D eigenvalue weighted by molar-refractivity contribution is 0.713. The molecule has 102 valence electrons. The van der Waals surface area contributed by atoms with Crippen LogP contribution < -0.4 is 5.56 Å². The number of hydrogen-bond acceptors (Lipinski definition) is 4. The molecule has 0 fully saturated rings. The molecule has 0 spiro atoms. The predicted molar refractivity (Wildman–Crippen MR) is 79.1 cm³/mol. The van der Waals surface area contributed by atoms with Crippen molar-refractivity contribution in [3.05, 3.63) is 33.1 Å². The molecule has 20 heavy (non-hydrogen) atoms. The molecule has 0 bridgehead atoms. The van der Waals surface area contributed by atoms with Gasteiger partial charge in [0.1, 0.15) is 10.5 Å². The second-order valence-electron chi connectivity index (χ2n) is 5.13. The van der Waals surface area contributed by atoms with Gasteiger partial charge in [-0.1, -0.05) is 6.42 Å². The second-order valence-corrected chi connectivity index (χ2v) is 6.21. The molecular weight excluding hydrogens is 272 g/mol. The van der Waals surface area contributed by atoms with Gasteiger partial charge in [-0.25, -0.2) is 4.98 Å². The van der Waals surface area contributed by atoms with Gasteiger partial charge >= 0.3 is 0 Å². The molecule has 2 N–H and O–H groups in total. The van der Waals surface area contributed by atoms with Gasteiger partial charge in [-0.2, -0.15) is 5.10 Å². The summed E-state index contributed by atoms with van der Waals surface area (Å²) in [7, 11) is 0. The number of fused-ring (bicyclic) bond motifs is 3. The molecule has 4 rings (SSSR count). The summed E-state index contributed by atoms with van der Waals surface area (Å²) in [5.41, 5.74) is 1.94. The highest BCUT2D eigenvalue weighted by Crippen LogP contribution is 2.33. The number of rotatable bonds is 1. The third-order valence-electron chi connectivity index (χ3n) is 3.83. The molecule has 0 aliphatic heterocycles. The van der Waals surface area contributed by atoms with Gasteiger partial charge in [-0.15, -0.1) is 11.3 Å². The Morgan fingerprint density at radius 3 is 2.95 bits per heavy atom. The average Bonchev–Trinajstić information content (AvgIpc) is 3.02. The smallest absolute Gasteiger partial charge is 0.260 e. The monoisotopic (exact) mass is 286 g/mol. The van der Waals surface area contributed by atoms with Crippen molar-refractivity contribution < 1.29 is 0 Å². The van der Waals surface area contributed by atoms with Gasteiger partial charge in [0.2, 0.25) is 0 Å². The lowest BCUT2D eigenvalue weighted by Gasteiger charge is -1.99. The van der Waals surface area contributed by atoms with Crippen molar-refractivity contribution in [3.63, 3.8) is 0 Å². The maximum atomic E-state index is 12.4. The maximum absolute atomic E-state index is 12.4. The molecule has 1 aliphatic carbocycles. The minimum atomic E-state index is -0.0287. The first-order chi connectivity index (χ1) is 9.83. The molecule has 1 aliphatic rings. The number of nitrogens with one attached hydrogen (secondary N) is 2. The van der Waals surface area contributed by atoms with Crippen LogP contribution in [0.4, 0.5) is 0 Å². The van der Waals surface area contributed by atoms with Crippen molar-refractivity contribution in [2.45, 2.75) is 32.1 Å². The molecule has 3 aromatic heterocycles. The van der Waals surface area contributed by atoms with E-state index in [0.29, 0.717) is 5.82 Å². The first-order valence-corrected chi connectivity index (χ1v) is 7.69. The van der Waals surface area contributed by atoms with Crippen molar-refractivity contribution in [2.24, 2.45) is 0 Å².